The molecular weight excluding hydrogens is 452 g/mol. The van der Waals surface area contributed by atoms with Crippen molar-refractivity contribution in [3.05, 3.63) is 85.9 Å². The average molecular weight is 477 g/mol. The number of aromatic nitrogens is 5. The van der Waals surface area contributed by atoms with Gasteiger partial charge in [0.15, 0.2) is 11.2 Å². The van der Waals surface area contributed by atoms with E-state index in [1.165, 1.54) is 0 Å². The summed E-state index contributed by atoms with van der Waals surface area (Å²) in [7, 11) is 0. The summed E-state index contributed by atoms with van der Waals surface area (Å²) in [5, 5.41) is 8.87. The van der Waals surface area contributed by atoms with E-state index in [9.17, 15) is 9.59 Å². The predicted octanol–water partition coefficient (Wildman–Crippen LogP) is 3.85. The second-order valence-corrected chi connectivity index (χ2v) is 9.33. The van der Waals surface area contributed by atoms with E-state index in [2.05, 4.69) is 33.5 Å². The zero-order valence-corrected chi connectivity index (χ0v) is 19.8. The van der Waals surface area contributed by atoms with Crippen molar-refractivity contribution in [2.75, 3.05) is 13.1 Å². The number of carbonyl (C=O) groups is 1. The van der Waals surface area contributed by atoms with Gasteiger partial charge in [0.05, 0.1) is 6.54 Å². The summed E-state index contributed by atoms with van der Waals surface area (Å²) in [5.74, 6) is 0.438. The molecule has 0 bridgehead atoms. The van der Waals surface area contributed by atoms with Crippen molar-refractivity contribution in [1.82, 2.24) is 29.9 Å². The number of rotatable bonds is 4. The van der Waals surface area contributed by atoms with E-state index in [1.54, 1.807) is 28.9 Å². The maximum absolute atomic E-state index is 13.0. The first kappa shape index (κ1) is 22.3. The van der Waals surface area contributed by atoms with Gasteiger partial charge >= 0.3 is 0 Å². The molecule has 1 amide bonds. The fourth-order valence-electron chi connectivity index (χ4n) is 4.47. The molecule has 2 aromatic carbocycles. The molecule has 0 radical (unpaired) electrons. The average Bonchev–Trinajstić information content (AvgIpc) is 3.25. The van der Waals surface area contributed by atoms with Gasteiger partial charge in [-0.2, -0.15) is 0 Å². The molecule has 174 valence electrons. The Balaban J connectivity index is 1.43. The van der Waals surface area contributed by atoms with Crippen LogP contribution >= 0.6 is 11.6 Å². The fourth-order valence-corrected chi connectivity index (χ4v) is 4.60. The Morgan fingerprint density at radius 1 is 1.18 bits per heavy atom. The van der Waals surface area contributed by atoms with Crippen molar-refractivity contribution in [1.29, 1.82) is 0 Å². The second kappa shape index (κ2) is 9.02. The molecule has 1 aliphatic rings. The number of nitrogens with one attached hydrogen (secondary N) is 1. The summed E-state index contributed by atoms with van der Waals surface area (Å²) in [5.41, 5.74) is 4.37. The van der Waals surface area contributed by atoms with Gasteiger partial charge in [0.1, 0.15) is 5.82 Å². The third-order valence-corrected chi connectivity index (χ3v) is 6.66. The highest BCUT2D eigenvalue weighted by atomic mass is 35.5. The van der Waals surface area contributed by atoms with Gasteiger partial charge in [0.2, 0.25) is 0 Å². The quantitative estimate of drug-likeness (QED) is 0.482. The molecule has 3 heterocycles. The Labute approximate surface area is 201 Å². The lowest BCUT2D eigenvalue weighted by Crippen LogP contribution is -2.40. The van der Waals surface area contributed by atoms with Crippen LogP contribution in [0.5, 0.6) is 0 Å². The largest absolute Gasteiger partial charge is 0.338 e. The number of benzene rings is 2. The lowest BCUT2D eigenvalue weighted by Gasteiger charge is -2.32. The van der Waals surface area contributed by atoms with Crippen LogP contribution in [0.3, 0.4) is 0 Å². The zero-order chi connectivity index (χ0) is 23.8. The minimum Gasteiger partial charge on any atom is -0.338 e. The number of piperidine rings is 1. The minimum absolute atomic E-state index is 0.0496. The van der Waals surface area contributed by atoms with E-state index in [0.717, 1.165) is 29.5 Å². The van der Waals surface area contributed by atoms with Crippen molar-refractivity contribution < 1.29 is 4.79 Å². The van der Waals surface area contributed by atoms with Crippen LogP contribution in [-0.2, 0) is 6.54 Å². The Kier molecular flexibility index (Phi) is 5.91. The molecule has 0 spiro atoms. The molecule has 0 aliphatic carbocycles. The first-order valence-corrected chi connectivity index (χ1v) is 11.7. The van der Waals surface area contributed by atoms with Crippen LogP contribution in [0.2, 0.25) is 5.02 Å². The predicted molar refractivity (Wildman–Crippen MR) is 130 cm³/mol. The van der Waals surface area contributed by atoms with Crippen molar-refractivity contribution in [2.24, 2.45) is 0 Å². The molecule has 4 aromatic rings. The van der Waals surface area contributed by atoms with Gasteiger partial charge in [-0.1, -0.05) is 40.6 Å². The molecule has 1 fully saturated rings. The summed E-state index contributed by atoms with van der Waals surface area (Å²) >= 11 is 5.96. The highest BCUT2D eigenvalue weighted by Crippen LogP contribution is 2.26. The Hall–Kier alpha value is -3.52. The smallest absolute Gasteiger partial charge is 0.281 e. The molecule has 9 heteroatoms. The van der Waals surface area contributed by atoms with Crippen molar-refractivity contribution in [3.8, 4) is 0 Å². The van der Waals surface area contributed by atoms with Gasteiger partial charge in [-0.15, -0.1) is 5.10 Å². The van der Waals surface area contributed by atoms with Crippen LogP contribution < -0.4 is 5.56 Å². The normalized spacial score (nSPS) is 16.2. The van der Waals surface area contributed by atoms with Crippen LogP contribution in [0.15, 0.2) is 47.3 Å². The number of aryl methyl sites for hydroxylation is 2. The first-order chi connectivity index (χ1) is 16.4. The molecule has 1 saturated heterocycles. The number of likely N-dealkylation sites (tertiary alicyclic amines) is 1. The zero-order valence-electron chi connectivity index (χ0n) is 19.1. The van der Waals surface area contributed by atoms with Crippen molar-refractivity contribution in [3.63, 3.8) is 0 Å². The number of nitrogens with zero attached hydrogens (tertiary/aromatic N) is 5. The van der Waals surface area contributed by atoms with Crippen LogP contribution in [0.1, 0.15) is 51.6 Å². The van der Waals surface area contributed by atoms with Crippen LogP contribution in [0.25, 0.3) is 11.2 Å². The summed E-state index contributed by atoms with van der Waals surface area (Å²) in [6.45, 7) is 5.72. The van der Waals surface area contributed by atoms with Crippen molar-refractivity contribution in [2.45, 2.75) is 39.2 Å². The summed E-state index contributed by atoms with van der Waals surface area (Å²) < 4.78 is 1.68. The van der Waals surface area contributed by atoms with Crippen LogP contribution in [0.4, 0.5) is 0 Å². The number of halogens is 1. The minimum atomic E-state index is -0.312. The fraction of sp³-hybridized carbons (Fsp3) is 0.320. The van der Waals surface area contributed by atoms with Gasteiger partial charge in [-0.05, 0) is 62.1 Å². The molecule has 5 rings (SSSR count). The highest BCUT2D eigenvalue weighted by molar-refractivity contribution is 6.30. The molecule has 2 aromatic heterocycles. The number of fused-ring (bicyclic) bond motifs is 1. The molecule has 1 N–H and O–H groups in total. The van der Waals surface area contributed by atoms with Crippen LogP contribution in [0, 0.1) is 13.8 Å². The lowest BCUT2D eigenvalue weighted by molar-refractivity contribution is 0.0704. The first-order valence-electron chi connectivity index (χ1n) is 11.3. The molecule has 34 heavy (non-hydrogen) atoms. The maximum Gasteiger partial charge on any atom is 0.281 e. The number of carbonyl (C=O) groups excluding carboxylic acids is 1. The molecular formula is C25H25ClN6O2. The third-order valence-electron chi connectivity index (χ3n) is 6.40. The molecule has 8 nitrogen and oxygen atoms in total. The van der Waals surface area contributed by atoms with E-state index < -0.39 is 0 Å². The summed E-state index contributed by atoms with van der Waals surface area (Å²) in [6.07, 6.45) is 1.66. The molecule has 1 aliphatic heterocycles. The van der Waals surface area contributed by atoms with Gasteiger partial charge in [0.25, 0.3) is 11.5 Å². The highest BCUT2D eigenvalue weighted by Gasteiger charge is 2.28. The molecule has 0 unspecified atom stereocenters. The van der Waals surface area contributed by atoms with Gasteiger partial charge in [-0.25, -0.2) is 9.67 Å². The van der Waals surface area contributed by atoms with Crippen molar-refractivity contribution >= 4 is 28.7 Å². The lowest BCUT2D eigenvalue weighted by atomic mass is 9.96. The van der Waals surface area contributed by atoms with Gasteiger partial charge < -0.3 is 9.88 Å². The van der Waals surface area contributed by atoms with E-state index >= 15 is 0 Å². The number of amides is 1. The number of aromatic amines is 1. The number of hydrogen-bond acceptors (Lipinski definition) is 5. The Morgan fingerprint density at radius 3 is 2.76 bits per heavy atom. The second-order valence-electron chi connectivity index (χ2n) is 8.90. The number of hydrogen-bond donors (Lipinski definition) is 1. The van der Waals surface area contributed by atoms with Crippen LogP contribution in [-0.4, -0.2) is 48.9 Å². The standard InChI is InChI=1S/C25H25ClN6O2/c1-15-5-6-16(2)19(12-15)14-32-23-21(29-30-32)24(33)28-22(27-23)18-4-3-11-31(13-18)25(34)17-7-9-20(26)10-8-17/h5-10,12,18H,3-4,11,13-14H2,1-2H3,(H,27,28,33)/t18-/m1/s1. The third kappa shape index (κ3) is 4.33. The van der Waals surface area contributed by atoms with E-state index in [-0.39, 0.29) is 22.9 Å². The Bertz CT molecular complexity index is 1430. The Morgan fingerprint density at radius 2 is 1.97 bits per heavy atom. The van der Waals surface area contributed by atoms with E-state index in [4.69, 9.17) is 16.6 Å². The SMILES string of the molecule is Cc1ccc(C)c(Cn2nnc3c(=O)[nH]c([C@@H]4CCCN(C(=O)c5ccc(Cl)cc5)C4)nc32)c1. The monoisotopic (exact) mass is 476 g/mol. The molecule has 0 saturated carbocycles. The van der Waals surface area contributed by atoms with Gasteiger partial charge in [0, 0.05) is 29.6 Å². The molecule has 1 atom stereocenters. The maximum atomic E-state index is 13.0. The topological polar surface area (TPSA) is 96.8 Å². The summed E-state index contributed by atoms with van der Waals surface area (Å²) in [6, 6.07) is 13.2. The van der Waals surface area contributed by atoms with E-state index in [0.29, 0.717) is 41.7 Å². The van der Waals surface area contributed by atoms with Gasteiger partial charge in [-0.3, -0.25) is 9.59 Å². The number of H-pyrrole nitrogens is 1. The van der Waals surface area contributed by atoms with E-state index in [1.807, 2.05) is 18.7 Å². The summed E-state index contributed by atoms with van der Waals surface area (Å²) in [4.78, 5) is 35.3.